The van der Waals surface area contributed by atoms with Crippen molar-refractivity contribution in [3.05, 3.63) is 70.4 Å². The second-order valence-electron chi connectivity index (χ2n) is 4.06. The number of carbonyl (C=O) groups excluding carboxylic acids is 1. The van der Waals surface area contributed by atoms with Gasteiger partial charge in [-0.1, -0.05) is 30.3 Å². The van der Waals surface area contributed by atoms with Gasteiger partial charge in [-0.2, -0.15) is 0 Å². The van der Waals surface area contributed by atoms with Crippen molar-refractivity contribution in [2.45, 2.75) is 6.61 Å². The first kappa shape index (κ1) is 13.6. The van der Waals surface area contributed by atoms with Crippen LogP contribution >= 0.6 is 0 Å². The maximum Gasteiger partial charge on any atom is 0.411 e. The second kappa shape index (κ2) is 6.38. The minimum absolute atomic E-state index is 0.156. The third kappa shape index (κ3) is 3.84. The number of ether oxygens (including phenoxy) is 1. The van der Waals surface area contributed by atoms with Gasteiger partial charge < -0.3 is 9.84 Å². The molecule has 0 aliphatic heterocycles. The highest BCUT2D eigenvalue weighted by molar-refractivity contribution is 5.84. The van der Waals surface area contributed by atoms with Gasteiger partial charge in [-0.3, -0.25) is 10.1 Å². The van der Waals surface area contributed by atoms with Crippen molar-refractivity contribution < 1.29 is 14.6 Å². The second-order valence-corrected chi connectivity index (χ2v) is 4.06. The largest absolute Gasteiger partial charge is 0.504 e. The predicted molar refractivity (Wildman–Crippen MR) is 74.6 cm³/mol. The van der Waals surface area contributed by atoms with Crippen molar-refractivity contribution >= 4 is 11.8 Å². The van der Waals surface area contributed by atoms with Gasteiger partial charge in [0.15, 0.2) is 5.75 Å². The summed E-state index contributed by atoms with van der Waals surface area (Å²) in [6.45, 7) is 0.156. The van der Waals surface area contributed by atoms with E-state index in [0.717, 1.165) is 5.56 Å². The Bertz CT molecular complexity index is 655. The van der Waals surface area contributed by atoms with Gasteiger partial charge in [0.1, 0.15) is 6.61 Å². The summed E-state index contributed by atoms with van der Waals surface area (Å²) < 4.78 is 5.03. The summed E-state index contributed by atoms with van der Waals surface area (Å²) in [5, 5.41) is 11.7. The fourth-order valence-corrected chi connectivity index (χ4v) is 1.52. The molecule has 20 heavy (non-hydrogen) atoms. The highest BCUT2D eigenvalue weighted by Gasteiger charge is 2.03. The number of benzene rings is 1. The van der Waals surface area contributed by atoms with Gasteiger partial charge in [-0.15, -0.1) is 0 Å². The molecule has 2 aromatic carbocycles. The van der Waals surface area contributed by atoms with Crippen molar-refractivity contribution in [2.24, 2.45) is 0 Å². The van der Waals surface area contributed by atoms with Crippen molar-refractivity contribution in [3.63, 3.8) is 0 Å². The normalized spacial score (nSPS) is 9.80. The molecule has 0 aliphatic rings. The van der Waals surface area contributed by atoms with Crippen LogP contribution in [0, 0.1) is 0 Å². The Morgan fingerprint density at radius 2 is 1.75 bits per heavy atom. The molecular formula is C15H13NO4. The van der Waals surface area contributed by atoms with E-state index in [1.807, 2.05) is 30.3 Å². The van der Waals surface area contributed by atoms with Crippen LogP contribution < -0.4 is 10.7 Å². The van der Waals surface area contributed by atoms with E-state index in [4.69, 9.17) is 4.74 Å². The predicted octanol–water partition coefficient (Wildman–Crippen LogP) is 2.50. The van der Waals surface area contributed by atoms with Gasteiger partial charge in [0, 0.05) is 5.69 Å². The maximum absolute atomic E-state index is 11.6. The molecule has 0 saturated carbocycles. The number of anilines is 1. The molecule has 5 heteroatoms. The monoisotopic (exact) mass is 271 g/mol. The molecule has 0 aliphatic carbocycles. The summed E-state index contributed by atoms with van der Waals surface area (Å²) in [5.74, 6) is -0.379. The van der Waals surface area contributed by atoms with Crippen molar-refractivity contribution in [1.29, 1.82) is 0 Å². The van der Waals surface area contributed by atoms with Crippen LogP contribution in [0.3, 0.4) is 0 Å². The van der Waals surface area contributed by atoms with Crippen LogP contribution in [0.5, 0.6) is 5.75 Å². The smallest absolute Gasteiger partial charge is 0.411 e. The Labute approximate surface area is 115 Å². The Morgan fingerprint density at radius 1 is 1.05 bits per heavy atom. The number of hydrogen-bond donors (Lipinski definition) is 2. The lowest BCUT2D eigenvalue weighted by Gasteiger charge is -2.05. The maximum atomic E-state index is 11.6. The molecule has 0 radical (unpaired) electrons. The Kier molecular flexibility index (Phi) is 4.34. The van der Waals surface area contributed by atoms with Crippen LogP contribution in [0.15, 0.2) is 59.4 Å². The minimum atomic E-state index is -0.632. The van der Waals surface area contributed by atoms with Gasteiger partial charge in [-0.25, -0.2) is 4.79 Å². The van der Waals surface area contributed by atoms with Gasteiger partial charge in [-0.05, 0) is 29.8 Å². The summed E-state index contributed by atoms with van der Waals surface area (Å²) in [6.07, 6.45) is -0.632. The van der Waals surface area contributed by atoms with Gasteiger partial charge >= 0.3 is 6.09 Å². The third-order valence-corrected chi connectivity index (χ3v) is 2.55. The molecule has 2 N–H and O–H groups in total. The lowest BCUT2D eigenvalue weighted by molar-refractivity contribution is 0.155. The molecule has 2 rings (SSSR count). The fourth-order valence-electron chi connectivity index (χ4n) is 1.52. The Hall–Kier alpha value is -2.82. The zero-order chi connectivity index (χ0) is 14.4. The molecule has 0 aromatic heterocycles. The van der Waals surface area contributed by atoms with E-state index in [9.17, 15) is 14.7 Å². The molecule has 0 heterocycles. The number of carbonyl (C=O) groups is 1. The van der Waals surface area contributed by atoms with E-state index in [-0.39, 0.29) is 12.4 Å². The van der Waals surface area contributed by atoms with Crippen molar-refractivity contribution in [3.8, 4) is 5.75 Å². The Morgan fingerprint density at radius 3 is 2.50 bits per heavy atom. The summed E-state index contributed by atoms with van der Waals surface area (Å²) in [7, 11) is 0. The first-order chi connectivity index (χ1) is 9.65. The van der Waals surface area contributed by atoms with Gasteiger partial charge in [0.25, 0.3) is 0 Å². The van der Waals surface area contributed by atoms with Gasteiger partial charge in [0.05, 0.1) is 0 Å². The fraction of sp³-hybridized carbons (Fsp3) is 0.0667. The molecule has 0 unspecified atom stereocenters. The zero-order valence-corrected chi connectivity index (χ0v) is 10.6. The van der Waals surface area contributed by atoms with Crippen LogP contribution in [-0.2, 0) is 11.3 Å². The van der Waals surface area contributed by atoms with E-state index in [1.165, 1.54) is 24.3 Å². The molecule has 0 bridgehead atoms. The van der Waals surface area contributed by atoms with Crippen molar-refractivity contribution in [2.75, 3.05) is 5.32 Å². The summed E-state index contributed by atoms with van der Waals surface area (Å²) in [6, 6.07) is 14.5. The first-order valence-corrected chi connectivity index (χ1v) is 5.96. The third-order valence-electron chi connectivity index (χ3n) is 2.55. The van der Waals surface area contributed by atoms with Crippen LogP contribution in [0.2, 0.25) is 0 Å². The number of rotatable bonds is 3. The number of amides is 1. The highest BCUT2D eigenvalue weighted by atomic mass is 16.5. The highest BCUT2D eigenvalue weighted by Crippen LogP contribution is 2.08. The van der Waals surface area contributed by atoms with Crippen LogP contribution in [-0.4, -0.2) is 11.2 Å². The molecule has 102 valence electrons. The first-order valence-electron chi connectivity index (χ1n) is 5.96. The average molecular weight is 271 g/mol. The molecule has 2 aromatic rings. The molecule has 0 fully saturated rings. The number of aromatic hydroxyl groups is 1. The number of hydrogen-bond acceptors (Lipinski definition) is 4. The van der Waals surface area contributed by atoms with E-state index >= 15 is 0 Å². The van der Waals surface area contributed by atoms with Crippen molar-refractivity contribution in [1.82, 2.24) is 0 Å². The molecule has 0 atom stereocenters. The molecule has 1 amide bonds. The quantitative estimate of drug-likeness (QED) is 0.899. The van der Waals surface area contributed by atoms with E-state index in [0.29, 0.717) is 5.69 Å². The topological polar surface area (TPSA) is 75.6 Å². The Balaban J connectivity index is 1.95. The zero-order valence-electron chi connectivity index (χ0n) is 10.6. The average Bonchev–Trinajstić information content (AvgIpc) is 2.62. The van der Waals surface area contributed by atoms with E-state index in [1.54, 1.807) is 0 Å². The van der Waals surface area contributed by atoms with E-state index in [2.05, 4.69) is 5.32 Å². The molecular weight excluding hydrogens is 258 g/mol. The van der Waals surface area contributed by atoms with E-state index < -0.39 is 11.5 Å². The molecule has 5 nitrogen and oxygen atoms in total. The summed E-state index contributed by atoms with van der Waals surface area (Å²) in [4.78, 5) is 22.8. The standard InChI is InChI=1S/C15H13NO4/c17-13-8-6-12(7-9-14(13)18)16-15(19)20-10-11-4-2-1-3-5-11/h1-9H,10H2,(H,16,19)(H,17,18). The SMILES string of the molecule is O=C(Nc1ccc(O)c(=O)cc1)OCc1ccccc1. The summed E-state index contributed by atoms with van der Waals surface area (Å²) in [5.41, 5.74) is 0.719. The lowest BCUT2D eigenvalue weighted by Crippen LogP contribution is -2.13. The van der Waals surface area contributed by atoms with Gasteiger partial charge in [0.2, 0.25) is 5.43 Å². The lowest BCUT2D eigenvalue weighted by atomic mass is 10.2. The van der Waals surface area contributed by atoms with Crippen LogP contribution in [0.25, 0.3) is 0 Å². The molecule has 0 spiro atoms. The van der Waals surface area contributed by atoms with Crippen LogP contribution in [0.1, 0.15) is 5.56 Å². The van der Waals surface area contributed by atoms with Crippen LogP contribution in [0.4, 0.5) is 10.5 Å². The number of nitrogens with one attached hydrogen (secondary N) is 1. The molecule has 0 saturated heterocycles. The minimum Gasteiger partial charge on any atom is -0.504 e. The summed E-state index contributed by atoms with van der Waals surface area (Å²) >= 11 is 0.